The van der Waals surface area contributed by atoms with E-state index in [0.717, 1.165) is 30.7 Å². The molecule has 3 nitrogen and oxygen atoms in total. The minimum absolute atomic E-state index is 0.112. The molecule has 1 unspecified atom stereocenters. The van der Waals surface area contributed by atoms with Crippen LogP contribution in [0.15, 0.2) is 18.2 Å². The summed E-state index contributed by atoms with van der Waals surface area (Å²) < 4.78 is 5.80. The minimum atomic E-state index is -0.171. The monoisotopic (exact) mass is 235 g/mol. The molecule has 1 aliphatic rings. The van der Waals surface area contributed by atoms with Crippen molar-refractivity contribution in [1.82, 2.24) is 5.32 Å². The van der Waals surface area contributed by atoms with Crippen molar-refractivity contribution >= 4 is 0 Å². The van der Waals surface area contributed by atoms with Gasteiger partial charge in [-0.2, -0.15) is 0 Å². The molecule has 1 saturated heterocycles. The molecule has 2 rings (SSSR count). The van der Waals surface area contributed by atoms with Crippen LogP contribution in [0.4, 0.5) is 0 Å². The molecule has 0 spiro atoms. The van der Waals surface area contributed by atoms with Gasteiger partial charge in [-0.05, 0) is 52.3 Å². The molecular formula is C14H21NO2. The Hall–Kier alpha value is -1.22. The van der Waals surface area contributed by atoms with Crippen molar-refractivity contribution in [2.75, 3.05) is 6.54 Å². The van der Waals surface area contributed by atoms with E-state index in [4.69, 9.17) is 4.74 Å². The Morgan fingerprint density at radius 2 is 2.18 bits per heavy atom. The number of ether oxygens (including phenoxy) is 1. The van der Waals surface area contributed by atoms with Crippen LogP contribution in [0, 0.1) is 0 Å². The minimum Gasteiger partial charge on any atom is -0.507 e. The largest absolute Gasteiger partial charge is 0.507 e. The molecule has 1 atom stereocenters. The van der Waals surface area contributed by atoms with Gasteiger partial charge in [0.05, 0.1) is 11.7 Å². The van der Waals surface area contributed by atoms with Gasteiger partial charge in [0.15, 0.2) is 0 Å². The van der Waals surface area contributed by atoms with Crippen LogP contribution in [0.25, 0.3) is 0 Å². The standard InChI is InChI=1S/C14H21NO2/c1-10(2)17-12-7-4-6-11(16)13(12)14(3)8-5-9-15-14/h4,6-7,10,15-16H,5,8-9H2,1-3H3. The third-order valence-corrected chi connectivity index (χ3v) is 3.29. The second kappa shape index (κ2) is 4.57. The first-order valence-electron chi connectivity index (χ1n) is 6.27. The van der Waals surface area contributed by atoms with Gasteiger partial charge in [-0.15, -0.1) is 0 Å². The van der Waals surface area contributed by atoms with E-state index in [1.165, 1.54) is 0 Å². The van der Waals surface area contributed by atoms with Crippen LogP contribution >= 0.6 is 0 Å². The van der Waals surface area contributed by atoms with E-state index in [1.807, 2.05) is 26.0 Å². The first-order chi connectivity index (χ1) is 8.03. The molecule has 1 fully saturated rings. The van der Waals surface area contributed by atoms with Gasteiger partial charge in [0.25, 0.3) is 0 Å². The van der Waals surface area contributed by atoms with Crippen molar-refractivity contribution in [2.24, 2.45) is 0 Å². The smallest absolute Gasteiger partial charge is 0.128 e. The maximum absolute atomic E-state index is 10.1. The molecule has 0 amide bonds. The van der Waals surface area contributed by atoms with Crippen LogP contribution in [-0.4, -0.2) is 17.8 Å². The van der Waals surface area contributed by atoms with Gasteiger partial charge < -0.3 is 15.2 Å². The highest BCUT2D eigenvalue weighted by Crippen LogP contribution is 2.41. The summed E-state index contributed by atoms with van der Waals surface area (Å²) in [6.07, 6.45) is 2.27. The van der Waals surface area contributed by atoms with E-state index in [9.17, 15) is 5.11 Å². The van der Waals surface area contributed by atoms with Crippen LogP contribution in [0.5, 0.6) is 11.5 Å². The molecule has 1 aliphatic heterocycles. The Morgan fingerprint density at radius 1 is 1.41 bits per heavy atom. The third-order valence-electron chi connectivity index (χ3n) is 3.29. The summed E-state index contributed by atoms with van der Waals surface area (Å²) in [5.41, 5.74) is 0.724. The highest BCUT2D eigenvalue weighted by Gasteiger charge is 2.35. The molecule has 0 aliphatic carbocycles. The summed E-state index contributed by atoms with van der Waals surface area (Å²) in [5.74, 6) is 1.11. The van der Waals surface area contributed by atoms with Gasteiger partial charge in [-0.3, -0.25) is 0 Å². The quantitative estimate of drug-likeness (QED) is 0.846. The Morgan fingerprint density at radius 3 is 2.76 bits per heavy atom. The fourth-order valence-electron chi connectivity index (χ4n) is 2.53. The normalized spacial score (nSPS) is 24.2. The number of aromatic hydroxyl groups is 1. The first-order valence-corrected chi connectivity index (χ1v) is 6.27. The molecule has 0 saturated carbocycles. The summed E-state index contributed by atoms with van der Waals surface area (Å²) in [5, 5.41) is 13.6. The second-order valence-electron chi connectivity index (χ2n) is 5.18. The predicted molar refractivity (Wildman–Crippen MR) is 68.5 cm³/mol. The zero-order chi connectivity index (χ0) is 12.5. The first kappa shape index (κ1) is 12.2. The van der Waals surface area contributed by atoms with E-state index in [1.54, 1.807) is 6.07 Å². The summed E-state index contributed by atoms with van der Waals surface area (Å²) in [6.45, 7) is 7.12. The topological polar surface area (TPSA) is 41.5 Å². The van der Waals surface area contributed by atoms with Crippen LogP contribution < -0.4 is 10.1 Å². The molecule has 0 bridgehead atoms. The van der Waals surface area contributed by atoms with Crippen molar-refractivity contribution < 1.29 is 9.84 Å². The molecule has 0 radical (unpaired) electrons. The summed E-state index contributed by atoms with van der Waals surface area (Å²) in [4.78, 5) is 0. The highest BCUT2D eigenvalue weighted by molar-refractivity contribution is 5.49. The van der Waals surface area contributed by atoms with Crippen molar-refractivity contribution in [3.63, 3.8) is 0 Å². The SMILES string of the molecule is CC(C)Oc1cccc(O)c1C1(C)CCCN1. The number of hydrogen-bond acceptors (Lipinski definition) is 3. The van der Waals surface area contributed by atoms with Crippen molar-refractivity contribution in [3.05, 3.63) is 23.8 Å². The third kappa shape index (κ3) is 2.39. The molecule has 17 heavy (non-hydrogen) atoms. The zero-order valence-electron chi connectivity index (χ0n) is 10.8. The van der Waals surface area contributed by atoms with E-state index in [2.05, 4.69) is 12.2 Å². The number of rotatable bonds is 3. The predicted octanol–water partition coefficient (Wildman–Crippen LogP) is 2.78. The van der Waals surface area contributed by atoms with Gasteiger partial charge in [-0.25, -0.2) is 0 Å². The lowest BCUT2D eigenvalue weighted by molar-refractivity contribution is 0.231. The average molecular weight is 235 g/mol. The fraction of sp³-hybridized carbons (Fsp3) is 0.571. The zero-order valence-corrected chi connectivity index (χ0v) is 10.8. The summed E-state index contributed by atoms with van der Waals surface area (Å²) in [6, 6.07) is 5.49. The van der Waals surface area contributed by atoms with E-state index < -0.39 is 0 Å². The van der Waals surface area contributed by atoms with Gasteiger partial charge >= 0.3 is 0 Å². The molecular weight excluding hydrogens is 214 g/mol. The maximum Gasteiger partial charge on any atom is 0.128 e. The van der Waals surface area contributed by atoms with E-state index in [0.29, 0.717) is 5.75 Å². The molecule has 2 N–H and O–H groups in total. The lowest BCUT2D eigenvalue weighted by Gasteiger charge is -2.28. The number of phenolic OH excluding ortho intramolecular Hbond substituents is 1. The number of phenols is 1. The molecule has 1 heterocycles. The molecule has 94 valence electrons. The molecule has 0 aromatic heterocycles. The lowest BCUT2D eigenvalue weighted by atomic mass is 9.89. The van der Waals surface area contributed by atoms with Gasteiger partial charge in [0, 0.05) is 5.54 Å². The van der Waals surface area contributed by atoms with E-state index in [-0.39, 0.29) is 11.6 Å². The van der Waals surface area contributed by atoms with Gasteiger partial charge in [0.2, 0.25) is 0 Å². The Labute approximate surface area is 103 Å². The number of hydrogen-bond donors (Lipinski definition) is 2. The van der Waals surface area contributed by atoms with Gasteiger partial charge in [-0.1, -0.05) is 6.07 Å². The lowest BCUT2D eigenvalue weighted by Crippen LogP contribution is -2.34. The van der Waals surface area contributed by atoms with Crippen LogP contribution in [0.3, 0.4) is 0 Å². The van der Waals surface area contributed by atoms with Crippen LogP contribution in [0.1, 0.15) is 39.2 Å². The van der Waals surface area contributed by atoms with Gasteiger partial charge in [0.1, 0.15) is 11.5 Å². The summed E-state index contributed by atoms with van der Waals surface area (Å²) in [7, 11) is 0. The summed E-state index contributed by atoms with van der Waals surface area (Å²) >= 11 is 0. The fourth-order valence-corrected chi connectivity index (χ4v) is 2.53. The number of nitrogens with one attached hydrogen (secondary N) is 1. The van der Waals surface area contributed by atoms with E-state index >= 15 is 0 Å². The molecule has 1 aromatic carbocycles. The Balaban J connectivity index is 2.43. The number of benzene rings is 1. The van der Waals surface area contributed by atoms with Crippen LogP contribution in [-0.2, 0) is 5.54 Å². The Bertz CT molecular complexity index is 395. The molecule has 1 aromatic rings. The van der Waals surface area contributed by atoms with Crippen molar-refractivity contribution in [1.29, 1.82) is 0 Å². The highest BCUT2D eigenvalue weighted by atomic mass is 16.5. The maximum atomic E-state index is 10.1. The second-order valence-corrected chi connectivity index (χ2v) is 5.18. The van der Waals surface area contributed by atoms with Crippen molar-refractivity contribution in [2.45, 2.75) is 45.3 Å². The van der Waals surface area contributed by atoms with Crippen molar-refractivity contribution in [3.8, 4) is 11.5 Å². The van der Waals surface area contributed by atoms with Crippen LogP contribution in [0.2, 0.25) is 0 Å². The average Bonchev–Trinajstić information content (AvgIpc) is 2.64. The Kier molecular flexibility index (Phi) is 3.29. The molecule has 3 heteroatoms.